The summed E-state index contributed by atoms with van der Waals surface area (Å²) in [6.07, 6.45) is 9.69. The molecule has 1 saturated carbocycles. The summed E-state index contributed by atoms with van der Waals surface area (Å²) in [4.78, 5) is 8.99. The first-order valence-electron chi connectivity index (χ1n) is 12.6. The first-order chi connectivity index (χ1) is 17.5. The van der Waals surface area contributed by atoms with Crippen LogP contribution in [0.15, 0.2) is 24.8 Å². The van der Waals surface area contributed by atoms with E-state index in [1.165, 1.54) is 13.4 Å². The van der Waals surface area contributed by atoms with Crippen molar-refractivity contribution in [3.63, 3.8) is 0 Å². The highest BCUT2D eigenvalue weighted by Crippen LogP contribution is 2.39. The van der Waals surface area contributed by atoms with Gasteiger partial charge in [-0.1, -0.05) is 32.5 Å². The van der Waals surface area contributed by atoms with Crippen LogP contribution in [0.2, 0.25) is 25.7 Å². The lowest BCUT2D eigenvalue weighted by Gasteiger charge is -2.21. The minimum Gasteiger partial charge on any atom is -0.361 e. The third-order valence-electron chi connectivity index (χ3n) is 7.01. The van der Waals surface area contributed by atoms with Crippen molar-refractivity contribution in [1.82, 2.24) is 24.3 Å². The SMILES string of the molecule is CN(c1nn(C(CC#N)C2CCCC2)cc1-c1ncnc2c1ccn2COCC[Si](C)(C)C)S(N)(=O)=O. The highest BCUT2D eigenvalue weighted by molar-refractivity contribution is 7.90. The number of nitrogens with zero attached hydrogens (tertiary/aromatic N) is 7. The number of nitrogens with two attached hydrogens (primary N) is 1. The maximum absolute atomic E-state index is 12.3. The number of nitriles is 1. The fourth-order valence-corrected chi connectivity index (χ4v) is 5.98. The Hall–Kier alpha value is -2.79. The van der Waals surface area contributed by atoms with E-state index in [0.29, 0.717) is 36.2 Å². The van der Waals surface area contributed by atoms with Crippen LogP contribution in [-0.4, -0.2) is 54.5 Å². The van der Waals surface area contributed by atoms with Gasteiger partial charge >= 0.3 is 0 Å². The molecule has 0 amide bonds. The summed E-state index contributed by atoms with van der Waals surface area (Å²) < 4.78 is 35.1. The van der Waals surface area contributed by atoms with Crippen LogP contribution in [0.5, 0.6) is 0 Å². The largest absolute Gasteiger partial charge is 0.361 e. The van der Waals surface area contributed by atoms with Crippen LogP contribution in [-0.2, 0) is 21.7 Å². The zero-order valence-corrected chi connectivity index (χ0v) is 23.8. The Labute approximate surface area is 219 Å². The zero-order valence-electron chi connectivity index (χ0n) is 22.0. The van der Waals surface area contributed by atoms with Crippen LogP contribution in [0.1, 0.15) is 38.1 Å². The van der Waals surface area contributed by atoms with Crippen molar-refractivity contribution in [2.24, 2.45) is 11.1 Å². The molecule has 0 saturated heterocycles. The second-order valence-electron chi connectivity index (χ2n) is 10.9. The summed E-state index contributed by atoms with van der Waals surface area (Å²) in [6.45, 7) is 7.98. The van der Waals surface area contributed by atoms with E-state index in [1.54, 1.807) is 10.9 Å². The van der Waals surface area contributed by atoms with Gasteiger partial charge in [0, 0.05) is 39.5 Å². The Morgan fingerprint density at radius 3 is 2.68 bits per heavy atom. The van der Waals surface area contributed by atoms with E-state index in [1.807, 2.05) is 16.8 Å². The summed E-state index contributed by atoms with van der Waals surface area (Å²) >= 11 is 0. The molecule has 1 unspecified atom stereocenters. The highest BCUT2D eigenvalue weighted by atomic mass is 32.2. The van der Waals surface area contributed by atoms with Crippen LogP contribution >= 0.6 is 0 Å². The van der Waals surface area contributed by atoms with Gasteiger partial charge in [-0.3, -0.25) is 4.68 Å². The van der Waals surface area contributed by atoms with E-state index in [9.17, 15) is 13.7 Å². The van der Waals surface area contributed by atoms with Crippen LogP contribution in [0, 0.1) is 17.2 Å². The van der Waals surface area contributed by atoms with Gasteiger partial charge in [0.25, 0.3) is 10.2 Å². The molecule has 1 atom stereocenters. The number of anilines is 1. The lowest BCUT2D eigenvalue weighted by molar-refractivity contribution is 0.0899. The maximum atomic E-state index is 12.3. The van der Waals surface area contributed by atoms with E-state index >= 15 is 0 Å². The molecule has 1 aliphatic rings. The molecular formula is C24H36N8O3SSi. The molecule has 2 N–H and O–H groups in total. The minimum absolute atomic E-state index is 0.157. The standard InChI is InChI=1S/C24H36N8O3SSi/c1-30(36(26,33)34)24-20(15-32(29-24)21(9-11-25)18-7-5-6-8-18)22-19-10-12-31(23(19)28-16-27-22)17-35-13-14-37(2,3)4/h10,12,15-16,18,21H,5-9,13-14,17H2,1-4H3,(H2,26,33,34). The lowest BCUT2D eigenvalue weighted by atomic mass is 9.96. The lowest BCUT2D eigenvalue weighted by Crippen LogP contribution is -2.34. The summed E-state index contributed by atoms with van der Waals surface area (Å²) in [5.74, 6) is 0.474. The topological polar surface area (TPSA) is 145 Å². The molecule has 3 aromatic rings. The van der Waals surface area contributed by atoms with Crippen molar-refractivity contribution < 1.29 is 13.2 Å². The Balaban J connectivity index is 1.74. The molecule has 0 aromatic carbocycles. The molecular weight excluding hydrogens is 508 g/mol. The predicted molar refractivity (Wildman–Crippen MR) is 146 cm³/mol. The summed E-state index contributed by atoms with van der Waals surface area (Å²) in [5, 5.41) is 20.4. The molecule has 0 aliphatic heterocycles. The van der Waals surface area contributed by atoms with Gasteiger partial charge in [-0.25, -0.2) is 19.4 Å². The average Bonchev–Trinajstić information content (AvgIpc) is 3.58. The predicted octanol–water partition coefficient (Wildman–Crippen LogP) is 3.89. The number of aromatic nitrogens is 5. The zero-order chi connectivity index (χ0) is 26.8. The molecule has 3 aromatic heterocycles. The van der Waals surface area contributed by atoms with Gasteiger partial charge in [0.05, 0.1) is 29.8 Å². The smallest absolute Gasteiger partial charge is 0.299 e. The van der Waals surface area contributed by atoms with E-state index in [4.69, 9.17) is 9.88 Å². The van der Waals surface area contributed by atoms with Gasteiger partial charge in [-0.2, -0.15) is 18.8 Å². The van der Waals surface area contributed by atoms with E-state index in [0.717, 1.165) is 41.4 Å². The normalized spacial score (nSPS) is 15.8. The number of rotatable bonds is 11. The Morgan fingerprint density at radius 2 is 2.03 bits per heavy atom. The number of ether oxygens (including phenoxy) is 1. The van der Waals surface area contributed by atoms with Crippen molar-refractivity contribution in [3.05, 3.63) is 24.8 Å². The summed E-state index contributed by atoms with van der Waals surface area (Å²) in [6, 6.07) is 5.09. The van der Waals surface area contributed by atoms with Crippen LogP contribution in [0.4, 0.5) is 5.82 Å². The number of hydrogen-bond acceptors (Lipinski definition) is 7. The molecule has 37 heavy (non-hydrogen) atoms. The van der Waals surface area contributed by atoms with Crippen LogP contribution in [0.3, 0.4) is 0 Å². The van der Waals surface area contributed by atoms with E-state index < -0.39 is 18.3 Å². The van der Waals surface area contributed by atoms with Crippen molar-refractivity contribution >= 4 is 35.1 Å². The molecule has 0 spiro atoms. The van der Waals surface area contributed by atoms with Gasteiger partial charge in [-0.15, -0.1) is 0 Å². The molecule has 13 heteroatoms. The van der Waals surface area contributed by atoms with Gasteiger partial charge in [0.2, 0.25) is 0 Å². The van der Waals surface area contributed by atoms with Gasteiger partial charge in [0.15, 0.2) is 5.82 Å². The molecule has 4 rings (SSSR count). The number of fused-ring (bicyclic) bond motifs is 1. The molecule has 0 radical (unpaired) electrons. The van der Waals surface area contributed by atoms with Crippen molar-refractivity contribution in [2.75, 3.05) is 18.0 Å². The van der Waals surface area contributed by atoms with Gasteiger partial charge < -0.3 is 9.30 Å². The quantitative estimate of drug-likeness (QED) is 0.285. The van der Waals surface area contributed by atoms with E-state index in [-0.39, 0.29) is 18.3 Å². The molecule has 0 bridgehead atoms. The van der Waals surface area contributed by atoms with Gasteiger partial charge in [-0.05, 0) is 30.9 Å². The maximum Gasteiger partial charge on any atom is 0.299 e. The minimum atomic E-state index is -4.08. The van der Waals surface area contributed by atoms with Crippen molar-refractivity contribution in [2.45, 2.75) is 70.6 Å². The third-order valence-corrected chi connectivity index (χ3v) is 9.66. The molecule has 11 nitrogen and oxygen atoms in total. The Morgan fingerprint density at radius 1 is 1.30 bits per heavy atom. The highest BCUT2D eigenvalue weighted by Gasteiger charge is 2.31. The summed E-state index contributed by atoms with van der Waals surface area (Å²) in [5.41, 5.74) is 1.74. The van der Waals surface area contributed by atoms with Crippen LogP contribution < -0.4 is 9.44 Å². The third kappa shape index (κ3) is 6.20. The van der Waals surface area contributed by atoms with Crippen molar-refractivity contribution in [1.29, 1.82) is 5.26 Å². The Bertz CT molecular complexity index is 1380. The molecule has 1 aliphatic carbocycles. The first-order valence-corrected chi connectivity index (χ1v) is 17.8. The second-order valence-corrected chi connectivity index (χ2v) is 18.1. The molecule has 3 heterocycles. The second kappa shape index (κ2) is 10.9. The average molecular weight is 545 g/mol. The Kier molecular flexibility index (Phi) is 8.03. The first kappa shape index (κ1) is 27.2. The van der Waals surface area contributed by atoms with Gasteiger partial charge in [0.1, 0.15) is 18.7 Å². The van der Waals surface area contributed by atoms with Crippen molar-refractivity contribution in [3.8, 4) is 17.3 Å². The summed E-state index contributed by atoms with van der Waals surface area (Å²) in [7, 11) is -3.90. The fourth-order valence-electron chi connectivity index (χ4n) is 4.85. The fraction of sp³-hybridized carbons (Fsp3) is 0.583. The van der Waals surface area contributed by atoms with Crippen LogP contribution in [0.25, 0.3) is 22.3 Å². The molecule has 200 valence electrons. The monoisotopic (exact) mass is 544 g/mol. The number of hydrogen-bond donors (Lipinski definition) is 1. The van der Waals surface area contributed by atoms with E-state index in [2.05, 4.69) is 40.8 Å². The molecule has 1 fully saturated rings.